The highest BCUT2D eigenvalue weighted by molar-refractivity contribution is 6.31. The van der Waals surface area contributed by atoms with Crippen molar-refractivity contribution < 1.29 is 4.42 Å². The molecule has 1 aliphatic heterocycles. The van der Waals surface area contributed by atoms with Gasteiger partial charge in [0.05, 0.1) is 0 Å². The van der Waals surface area contributed by atoms with E-state index in [-0.39, 0.29) is 0 Å². The van der Waals surface area contributed by atoms with Crippen LogP contribution in [0.25, 0.3) is 11.1 Å². The van der Waals surface area contributed by atoms with Crippen LogP contribution in [0.1, 0.15) is 12.7 Å². The third-order valence-electron chi connectivity index (χ3n) is 4.14. The minimum atomic E-state index is 0.609. The maximum atomic E-state index is 5.98. The Bertz CT molecular complexity index is 803. The maximum Gasteiger partial charge on any atom is 0.298 e. The van der Waals surface area contributed by atoms with Crippen LogP contribution >= 0.6 is 11.6 Å². The van der Waals surface area contributed by atoms with Gasteiger partial charge in [0.25, 0.3) is 6.01 Å². The second-order valence-electron chi connectivity index (χ2n) is 5.73. The molecule has 0 aliphatic carbocycles. The lowest BCUT2D eigenvalue weighted by Gasteiger charge is -2.38. The quantitative estimate of drug-likeness (QED) is 0.740. The van der Waals surface area contributed by atoms with Gasteiger partial charge in [-0.25, -0.2) is 4.98 Å². The third-order valence-corrected chi connectivity index (χ3v) is 4.37. The molecule has 0 spiro atoms. The van der Waals surface area contributed by atoms with Gasteiger partial charge in [-0.3, -0.25) is 0 Å². The van der Waals surface area contributed by atoms with E-state index in [2.05, 4.69) is 32.6 Å². The molecule has 2 aromatic heterocycles. The van der Waals surface area contributed by atoms with E-state index in [0.717, 1.165) is 43.0 Å². The lowest BCUT2D eigenvalue weighted by molar-refractivity contribution is 0.334. The summed E-state index contributed by atoms with van der Waals surface area (Å²) in [6, 6.07) is 6.21. The Kier molecular flexibility index (Phi) is 3.30. The summed E-state index contributed by atoms with van der Waals surface area (Å²) in [4.78, 5) is 11.1. The van der Waals surface area contributed by atoms with E-state index in [4.69, 9.17) is 16.0 Å². The average molecular weight is 317 g/mol. The van der Waals surface area contributed by atoms with Crippen LogP contribution in [0.4, 0.5) is 6.01 Å². The van der Waals surface area contributed by atoms with Crippen LogP contribution in [-0.4, -0.2) is 27.6 Å². The molecule has 1 saturated heterocycles. The van der Waals surface area contributed by atoms with Crippen molar-refractivity contribution in [1.82, 2.24) is 14.5 Å². The van der Waals surface area contributed by atoms with Gasteiger partial charge >= 0.3 is 0 Å². The molecule has 0 amide bonds. The first-order valence-corrected chi connectivity index (χ1v) is 7.92. The zero-order valence-electron chi connectivity index (χ0n) is 12.4. The first-order chi connectivity index (χ1) is 10.7. The standard InChI is InChI=1S/C16H17ClN4O/c1-2-15-18-5-6-20(15)8-11-9-21(10-11)16-19-13-7-12(17)3-4-14(13)22-16/h3-7,11H,2,8-10H2,1H3. The molecule has 6 heteroatoms. The van der Waals surface area contributed by atoms with Crippen molar-refractivity contribution in [3.05, 3.63) is 41.4 Å². The van der Waals surface area contributed by atoms with Gasteiger partial charge in [-0.1, -0.05) is 18.5 Å². The van der Waals surface area contributed by atoms with Crippen LogP contribution < -0.4 is 4.90 Å². The number of hydrogen-bond acceptors (Lipinski definition) is 4. The highest BCUT2D eigenvalue weighted by atomic mass is 35.5. The normalized spacial score (nSPS) is 15.5. The van der Waals surface area contributed by atoms with E-state index < -0.39 is 0 Å². The number of benzene rings is 1. The summed E-state index contributed by atoms with van der Waals surface area (Å²) in [5.74, 6) is 1.76. The molecular weight excluding hydrogens is 300 g/mol. The van der Waals surface area contributed by atoms with Crippen LogP contribution in [0.2, 0.25) is 5.02 Å². The molecule has 0 saturated carbocycles. The van der Waals surface area contributed by atoms with Gasteiger partial charge in [-0.2, -0.15) is 4.98 Å². The van der Waals surface area contributed by atoms with Crippen molar-refractivity contribution in [1.29, 1.82) is 0 Å². The lowest BCUT2D eigenvalue weighted by Crippen LogP contribution is -2.48. The number of hydrogen-bond donors (Lipinski definition) is 0. The van der Waals surface area contributed by atoms with Crippen molar-refractivity contribution in [2.45, 2.75) is 19.9 Å². The molecule has 0 bridgehead atoms. The number of halogens is 1. The molecule has 3 aromatic rings. The van der Waals surface area contributed by atoms with Gasteiger partial charge in [-0.15, -0.1) is 0 Å². The third kappa shape index (κ3) is 2.35. The Balaban J connectivity index is 1.43. The molecule has 4 rings (SSSR count). The Morgan fingerprint density at radius 2 is 2.23 bits per heavy atom. The van der Waals surface area contributed by atoms with Crippen molar-refractivity contribution >= 4 is 28.7 Å². The van der Waals surface area contributed by atoms with Crippen LogP contribution in [0.5, 0.6) is 0 Å². The molecule has 1 fully saturated rings. The van der Waals surface area contributed by atoms with Gasteiger partial charge in [0.2, 0.25) is 0 Å². The van der Waals surface area contributed by atoms with E-state index in [9.17, 15) is 0 Å². The summed E-state index contributed by atoms with van der Waals surface area (Å²) in [7, 11) is 0. The first-order valence-electron chi connectivity index (χ1n) is 7.54. The van der Waals surface area contributed by atoms with Crippen molar-refractivity contribution in [3.63, 3.8) is 0 Å². The number of oxazole rings is 1. The first kappa shape index (κ1) is 13.6. The van der Waals surface area contributed by atoms with Crippen LogP contribution in [0.3, 0.4) is 0 Å². The van der Waals surface area contributed by atoms with Crippen molar-refractivity contribution in [2.75, 3.05) is 18.0 Å². The van der Waals surface area contributed by atoms with Crippen LogP contribution in [0, 0.1) is 5.92 Å². The molecule has 5 nitrogen and oxygen atoms in total. The Morgan fingerprint density at radius 3 is 3.05 bits per heavy atom. The second kappa shape index (κ2) is 5.32. The summed E-state index contributed by atoms with van der Waals surface area (Å²) in [6.07, 6.45) is 4.90. The summed E-state index contributed by atoms with van der Waals surface area (Å²) in [5.41, 5.74) is 1.60. The number of aromatic nitrogens is 3. The fourth-order valence-electron chi connectivity index (χ4n) is 2.96. The molecule has 1 aliphatic rings. The number of nitrogens with zero attached hydrogens (tertiary/aromatic N) is 4. The van der Waals surface area contributed by atoms with Crippen LogP contribution in [-0.2, 0) is 13.0 Å². The smallest absolute Gasteiger partial charge is 0.298 e. The summed E-state index contributed by atoms with van der Waals surface area (Å²) in [5, 5.41) is 0.682. The number of fused-ring (bicyclic) bond motifs is 1. The van der Waals surface area contributed by atoms with E-state index in [1.165, 1.54) is 0 Å². The molecule has 22 heavy (non-hydrogen) atoms. The summed E-state index contributed by atoms with van der Waals surface area (Å²) >= 11 is 5.98. The van der Waals surface area contributed by atoms with E-state index in [1.54, 1.807) is 0 Å². The van der Waals surface area contributed by atoms with E-state index in [1.807, 2.05) is 24.4 Å². The molecule has 114 valence electrons. The molecule has 0 N–H and O–H groups in total. The van der Waals surface area contributed by atoms with Gasteiger partial charge in [0.15, 0.2) is 5.58 Å². The monoisotopic (exact) mass is 316 g/mol. The molecule has 3 heterocycles. The van der Waals surface area contributed by atoms with Gasteiger partial charge in [-0.05, 0) is 18.2 Å². The largest absolute Gasteiger partial charge is 0.423 e. The Hall–Kier alpha value is -2.01. The van der Waals surface area contributed by atoms with E-state index in [0.29, 0.717) is 17.0 Å². The minimum absolute atomic E-state index is 0.609. The fourth-order valence-corrected chi connectivity index (χ4v) is 3.13. The summed E-state index contributed by atoms with van der Waals surface area (Å²) < 4.78 is 8.04. The maximum absolute atomic E-state index is 5.98. The molecule has 0 radical (unpaired) electrons. The molecular formula is C16H17ClN4O. The molecule has 1 aromatic carbocycles. The minimum Gasteiger partial charge on any atom is -0.423 e. The highest BCUT2D eigenvalue weighted by Gasteiger charge is 2.30. The predicted octanol–water partition coefficient (Wildman–Crippen LogP) is 3.38. The number of imidazole rings is 1. The Labute approximate surface area is 133 Å². The number of anilines is 1. The fraction of sp³-hybridized carbons (Fsp3) is 0.375. The van der Waals surface area contributed by atoms with Crippen molar-refractivity contribution in [3.8, 4) is 0 Å². The highest BCUT2D eigenvalue weighted by Crippen LogP contribution is 2.29. The second-order valence-corrected chi connectivity index (χ2v) is 6.17. The van der Waals surface area contributed by atoms with Crippen LogP contribution in [0.15, 0.2) is 35.0 Å². The van der Waals surface area contributed by atoms with E-state index >= 15 is 0 Å². The molecule has 0 atom stereocenters. The number of aryl methyl sites for hydroxylation is 1. The number of rotatable bonds is 4. The van der Waals surface area contributed by atoms with Crippen molar-refractivity contribution in [2.24, 2.45) is 5.92 Å². The van der Waals surface area contributed by atoms with Gasteiger partial charge < -0.3 is 13.9 Å². The molecule has 0 unspecified atom stereocenters. The van der Waals surface area contributed by atoms with Gasteiger partial charge in [0.1, 0.15) is 11.3 Å². The van der Waals surface area contributed by atoms with Gasteiger partial charge in [0, 0.05) is 49.4 Å². The zero-order chi connectivity index (χ0) is 15.1. The SMILES string of the molecule is CCc1nccn1CC1CN(c2nc3cc(Cl)ccc3o2)C1. The predicted molar refractivity (Wildman–Crippen MR) is 86.3 cm³/mol. The average Bonchev–Trinajstić information content (AvgIpc) is 3.07. The topological polar surface area (TPSA) is 47.1 Å². The lowest BCUT2D eigenvalue weighted by atomic mass is 10.0. The zero-order valence-corrected chi connectivity index (χ0v) is 13.1. The summed E-state index contributed by atoms with van der Waals surface area (Å²) in [6.45, 7) is 5.06. The Morgan fingerprint density at radius 1 is 1.36 bits per heavy atom.